The Morgan fingerprint density at radius 3 is 2.36 bits per heavy atom. The van der Waals surface area contributed by atoms with Crippen molar-refractivity contribution >= 4 is 22.6 Å². The normalized spacial score (nSPS) is 11.8. The summed E-state index contributed by atoms with van der Waals surface area (Å²) in [5.74, 6) is 0.884. The molecule has 0 aliphatic heterocycles. The molecule has 0 unspecified atom stereocenters. The minimum Gasteiger partial charge on any atom is -0.437 e. The molecule has 0 radical (unpaired) electrons. The number of oxazole rings is 1. The van der Waals surface area contributed by atoms with Crippen LogP contribution in [-0.4, -0.2) is 9.94 Å². The van der Waals surface area contributed by atoms with Crippen LogP contribution in [0.1, 0.15) is 26.3 Å². The lowest BCUT2D eigenvalue weighted by atomic mass is 10.0. The van der Waals surface area contributed by atoms with E-state index >= 15 is 0 Å². The highest BCUT2D eigenvalue weighted by Gasteiger charge is 2.26. The number of fused-ring (bicyclic) bond motifs is 3. The van der Waals surface area contributed by atoms with Gasteiger partial charge in [-0.3, -0.25) is 4.40 Å². The summed E-state index contributed by atoms with van der Waals surface area (Å²) in [5.41, 5.74) is 4.55. The van der Waals surface area contributed by atoms with Crippen LogP contribution in [0.2, 0.25) is 0 Å². The zero-order valence-electron chi connectivity index (χ0n) is 14.5. The number of hydrogen-bond donors (Lipinski definition) is 1. The molecule has 2 aromatic heterocycles. The predicted octanol–water partition coefficient (Wildman–Crippen LogP) is 5.43. The van der Waals surface area contributed by atoms with Gasteiger partial charge in [-0.05, 0) is 38.5 Å². The van der Waals surface area contributed by atoms with Crippen LogP contribution >= 0.6 is 0 Å². The first kappa shape index (κ1) is 15.3. The van der Waals surface area contributed by atoms with E-state index in [9.17, 15) is 5.26 Å². The first-order chi connectivity index (χ1) is 12.0. The van der Waals surface area contributed by atoms with E-state index in [4.69, 9.17) is 4.42 Å². The number of hydrogen-bond acceptors (Lipinski definition) is 3. The molecular formula is C21H19N3O. The Kier molecular flexibility index (Phi) is 3.33. The van der Waals surface area contributed by atoms with E-state index in [-0.39, 0.29) is 5.54 Å². The van der Waals surface area contributed by atoms with Crippen LogP contribution in [-0.2, 0) is 0 Å². The summed E-state index contributed by atoms with van der Waals surface area (Å²) in [7, 11) is 0. The largest absolute Gasteiger partial charge is 0.437 e. The molecule has 0 saturated carbocycles. The summed E-state index contributed by atoms with van der Waals surface area (Å²) in [6.07, 6.45) is 0. The van der Waals surface area contributed by atoms with Crippen LogP contribution in [0.5, 0.6) is 0 Å². The van der Waals surface area contributed by atoms with Gasteiger partial charge < -0.3 is 9.73 Å². The Bertz CT molecular complexity index is 1110. The maximum atomic E-state index is 9.86. The fourth-order valence-electron chi connectivity index (χ4n) is 3.17. The topological polar surface area (TPSA) is 53.4 Å². The van der Waals surface area contributed by atoms with E-state index in [0.29, 0.717) is 11.3 Å². The van der Waals surface area contributed by atoms with Gasteiger partial charge in [-0.1, -0.05) is 42.5 Å². The second kappa shape index (κ2) is 5.42. The van der Waals surface area contributed by atoms with Gasteiger partial charge in [-0.2, -0.15) is 5.26 Å². The Labute approximate surface area is 146 Å². The molecule has 0 aliphatic carbocycles. The van der Waals surface area contributed by atoms with Crippen LogP contribution in [0, 0.1) is 11.3 Å². The standard InChI is InChI=1S/C21H19N3O/c1-21(2,3)23-19-18(14-9-5-4-6-10-14)15(13-22)20-24(19)16-11-7-8-12-17(16)25-20/h4-12,23H,1-3H3. The lowest BCUT2D eigenvalue weighted by Crippen LogP contribution is -2.27. The predicted molar refractivity (Wildman–Crippen MR) is 101 cm³/mol. The van der Waals surface area contributed by atoms with Crippen LogP contribution in [0.4, 0.5) is 5.82 Å². The third-order valence-electron chi connectivity index (χ3n) is 4.11. The van der Waals surface area contributed by atoms with Crippen molar-refractivity contribution < 1.29 is 4.42 Å². The lowest BCUT2D eigenvalue weighted by Gasteiger charge is -2.23. The monoisotopic (exact) mass is 329 g/mol. The van der Waals surface area contributed by atoms with Crippen molar-refractivity contribution in [1.29, 1.82) is 5.26 Å². The second-order valence-corrected chi connectivity index (χ2v) is 7.16. The Morgan fingerprint density at radius 1 is 1.00 bits per heavy atom. The third kappa shape index (κ3) is 2.45. The van der Waals surface area contributed by atoms with Crippen molar-refractivity contribution in [2.24, 2.45) is 0 Å². The molecule has 25 heavy (non-hydrogen) atoms. The van der Waals surface area contributed by atoms with Crippen molar-refractivity contribution in [2.45, 2.75) is 26.3 Å². The van der Waals surface area contributed by atoms with Crippen LogP contribution < -0.4 is 5.32 Å². The van der Waals surface area contributed by atoms with E-state index in [1.807, 2.05) is 59.0 Å². The maximum Gasteiger partial charge on any atom is 0.225 e. The van der Waals surface area contributed by atoms with Crippen molar-refractivity contribution in [3.8, 4) is 17.2 Å². The van der Waals surface area contributed by atoms with Crippen LogP contribution in [0.15, 0.2) is 59.0 Å². The summed E-state index contributed by atoms with van der Waals surface area (Å²) >= 11 is 0. The van der Waals surface area contributed by atoms with E-state index in [0.717, 1.165) is 28.0 Å². The number of nitrogens with one attached hydrogen (secondary N) is 1. The Balaban J connectivity index is 2.16. The van der Waals surface area contributed by atoms with Gasteiger partial charge in [0.2, 0.25) is 5.71 Å². The quantitative estimate of drug-likeness (QED) is 0.533. The number of para-hydroxylation sites is 2. The van der Waals surface area contributed by atoms with E-state index in [1.54, 1.807) is 0 Å². The molecule has 4 aromatic rings. The fourth-order valence-corrected chi connectivity index (χ4v) is 3.17. The molecule has 2 aromatic carbocycles. The van der Waals surface area contributed by atoms with Gasteiger partial charge in [-0.25, -0.2) is 0 Å². The summed E-state index contributed by atoms with van der Waals surface area (Å²) < 4.78 is 8.05. The zero-order chi connectivity index (χ0) is 17.6. The van der Waals surface area contributed by atoms with Crippen molar-refractivity contribution in [2.75, 3.05) is 5.32 Å². The van der Waals surface area contributed by atoms with Gasteiger partial charge >= 0.3 is 0 Å². The zero-order valence-corrected chi connectivity index (χ0v) is 14.5. The molecule has 0 fully saturated rings. The number of benzene rings is 2. The van der Waals surface area contributed by atoms with Crippen LogP contribution in [0.3, 0.4) is 0 Å². The highest BCUT2D eigenvalue weighted by atomic mass is 16.3. The number of nitriles is 1. The van der Waals surface area contributed by atoms with Crippen molar-refractivity contribution in [3.63, 3.8) is 0 Å². The molecule has 124 valence electrons. The van der Waals surface area contributed by atoms with Gasteiger partial charge in [0.05, 0.1) is 5.52 Å². The number of anilines is 1. The Hall–Kier alpha value is -3.19. The number of aromatic nitrogens is 1. The van der Waals surface area contributed by atoms with Gasteiger partial charge in [0.25, 0.3) is 0 Å². The van der Waals surface area contributed by atoms with Crippen LogP contribution in [0.25, 0.3) is 27.9 Å². The smallest absolute Gasteiger partial charge is 0.225 e. The minimum absolute atomic E-state index is 0.164. The molecule has 0 atom stereocenters. The lowest BCUT2D eigenvalue weighted by molar-refractivity contribution is 0.627. The average molecular weight is 329 g/mol. The SMILES string of the molecule is CC(C)(C)Nc1c(-c2ccccc2)c(C#N)c2oc3ccccc3n12. The summed E-state index contributed by atoms with van der Waals surface area (Å²) in [4.78, 5) is 0. The molecule has 0 saturated heterocycles. The molecule has 2 heterocycles. The summed E-state index contributed by atoms with van der Waals surface area (Å²) in [5, 5.41) is 13.4. The molecular weight excluding hydrogens is 310 g/mol. The molecule has 4 nitrogen and oxygen atoms in total. The molecule has 0 bridgehead atoms. The van der Waals surface area contributed by atoms with E-state index in [1.165, 1.54) is 0 Å². The second-order valence-electron chi connectivity index (χ2n) is 7.16. The molecule has 1 N–H and O–H groups in total. The number of rotatable bonds is 2. The van der Waals surface area contributed by atoms with Gasteiger partial charge in [0, 0.05) is 11.1 Å². The third-order valence-corrected chi connectivity index (χ3v) is 4.11. The maximum absolute atomic E-state index is 9.86. The number of nitrogens with zero attached hydrogens (tertiary/aromatic N) is 2. The van der Waals surface area contributed by atoms with Crippen molar-refractivity contribution in [1.82, 2.24) is 4.40 Å². The minimum atomic E-state index is -0.164. The van der Waals surface area contributed by atoms with Gasteiger partial charge in [0.1, 0.15) is 17.5 Å². The summed E-state index contributed by atoms with van der Waals surface area (Å²) in [6.45, 7) is 6.32. The molecule has 0 aliphatic rings. The average Bonchev–Trinajstić information content (AvgIpc) is 3.09. The highest BCUT2D eigenvalue weighted by Crippen LogP contribution is 2.40. The van der Waals surface area contributed by atoms with Gasteiger partial charge in [0.15, 0.2) is 5.58 Å². The molecule has 0 amide bonds. The first-order valence-electron chi connectivity index (χ1n) is 8.29. The Morgan fingerprint density at radius 2 is 1.68 bits per heavy atom. The summed E-state index contributed by atoms with van der Waals surface area (Å²) in [6, 6.07) is 20.2. The van der Waals surface area contributed by atoms with Crippen molar-refractivity contribution in [3.05, 3.63) is 60.2 Å². The fraction of sp³-hybridized carbons (Fsp3) is 0.190. The van der Waals surface area contributed by atoms with E-state index < -0.39 is 0 Å². The van der Waals surface area contributed by atoms with Gasteiger partial charge in [-0.15, -0.1) is 0 Å². The highest BCUT2D eigenvalue weighted by molar-refractivity contribution is 5.94. The first-order valence-corrected chi connectivity index (χ1v) is 8.29. The molecule has 4 heteroatoms. The van der Waals surface area contributed by atoms with E-state index in [2.05, 4.69) is 32.2 Å². The molecule has 4 rings (SSSR count). The molecule has 0 spiro atoms.